The third-order valence-electron chi connectivity index (χ3n) is 4.94. The Morgan fingerprint density at radius 2 is 1.83 bits per heavy atom. The number of nitrogens with zero attached hydrogens (tertiary/aromatic N) is 1. The molecule has 2 heterocycles. The number of amides is 1. The number of methoxy groups -OCH3 is 1. The van der Waals surface area contributed by atoms with E-state index in [0.29, 0.717) is 47.1 Å². The number of benzene rings is 2. The van der Waals surface area contributed by atoms with Gasteiger partial charge in [0, 0.05) is 29.1 Å². The molecule has 0 spiro atoms. The van der Waals surface area contributed by atoms with Crippen LogP contribution in [0.5, 0.6) is 17.2 Å². The van der Waals surface area contributed by atoms with E-state index in [9.17, 15) is 14.7 Å². The minimum absolute atomic E-state index is 0.0607. The summed E-state index contributed by atoms with van der Waals surface area (Å²) in [7, 11) is 1.55. The second-order valence-electron chi connectivity index (χ2n) is 6.89. The normalized spacial score (nSPS) is 12.6. The maximum atomic E-state index is 12.9. The molecule has 0 fully saturated rings. The van der Waals surface area contributed by atoms with Crippen molar-refractivity contribution in [2.75, 3.05) is 33.5 Å². The Balaban J connectivity index is 1.64. The Bertz CT molecular complexity index is 1120. The summed E-state index contributed by atoms with van der Waals surface area (Å²) in [5.41, 5.74) is 1.18. The highest BCUT2D eigenvalue weighted by atomic mass is 16.6. The Morgan fingerprint density at radius 1 is 1.13 bits per heavy atom. The molecule has 1 aromatic heterocycles. The molecule has 1 amide bonds. The summed E-state index contributed by atoms with van der Waals surface area (Å²) in [5, 5.41) is 10.2. The van der Waals surface area contributed by atoms with E-state index < -0.39 is 0 Å². The molecule has 0 aliphatic carbocycles. The van der Waals surface area contributed by atoms with Gasteiger partial charge in [0.25, 0.3) is 11.5 Å². The van der Waals surface area contributed by atoms with E-state index in [1.54, 1.807) is 43.5 Å². The summed E-state index contributed by atoms with van der Waals surface area (Å²) in [6, 6.07) is 12.0. The van der Waals surface area contributed by atoms with Crippen molar-refractivity contribution in [3.8, 4) is 17.2 Å². The number of hydrogen-bond donors (Lipinski definition) is 2. The van der Waals surface area contributed by atoms with Gasteiger partial charge in [0.2, 0.25) is 0 Å². The van der Waals surface area contributed by atoms with Crippen LogP contribution in [-0.4, -0.2) is 54.4 Å². The number of nitrogens with one attached hydrogen (secondary N) is 1. The van der Waals surface area contributed by atoms with Crippen molar-refractivity contribution >= 4 is 16.8 Å². The molecule has 0 bridgehead atoms. The monoisotopic (exact) mass is 410 g/mol. The van der Waals surface area contributed by atoms with Crippen LogP contribution in [0.2, 0.25) is 0 Å². The van der Waals surface area contributed by atoms with Crippen molar-refractivity contribution in [2.24, 2.45) is 0 Å². The largest absolute Gasteiger partial charge is 0.497 e. The minimum atomic E-state index is -0.301. The molecule has 2 N–H and O–H groups in total. The Kier molecular flexibility index (Phi) is 5.58. The van der Waals surface area contributed by atoms with Crippen molar-refractivity contribution in [1.82, 2.24) is 9.88 Å². The quantitative estimate of drug-likeness (QED) is 0.644. The van der Waals surface area contributed by atoms with Gasteiger partial charge in [0.15, 0.2) is 11.5 Å². The van der Waals surface area contributed by atoms with E-state index in [0.717, 1.165) is 5.39 Å². The predicted octanol–water partition coefficient (Wildman–Crippen LogP) is 1.94. The standard InChI is InChI=1S/C22H22N2O6/c1-28-17-4-2-14(3-5-17)22(27)24(6-7-25)13-16-10-15-11-19-20(30-9-8-29-19)12-18(15)23-21(16)26/h2-5,10-12,25H,6-9,13H2,1H3,(H,23,26). The number of fused-ring (bicyclic) bond motifs is 2. The summed E-state index contributed by atoms with van der Waals surface area (Å²) in [4.78, 5) is 29.9. The Morgan fingerprint density at radius 3 is 2.50 bits per heavy atom. The van der Waals surface area contributed by atoms with Crippen LogP contribution < -0.4 is 19.8 Å². The first-order valence-electron chi connectivity index (χ1n) is 9.59. The van der Waals surface area contributed by atoms with Gasteiger partial charge in [-0.1, -0.05) is 0 Å². The van der Waals surface area contributed by atoms with Gasteiger partial charge in [-0.2, -0.15) is 0 Å². The molecule has 8 nitrogen and oxygen atoms in total. The molecule has 2 aromatic carbocycles. The number of rotatable bonds is 6. The average Bonchev–Trinajstić information content (AvgIpc) is 2.77. The molecule has 4 rings (SSSR count). The van der Waals surface area contributed by atoms with Gasteiger partial charge >= 0.3 is 0 Å². The third kappa shape index (κ3) is 3.95. The smallest absolute Gasteiger partial charge is 0.254 e. The molecule has 0 radical (unpaired) electrons. The van der Waals surface area contributed by atoms with Crippen molar-refractivity contribution in [3.05, 3.63) is 63.9 Å². The van der Waals surface area contributed by atoms with Gasteiger partial charge < -0.3 is 29.2 Å². The topological polar surface area (TPSA) is 101 Å². The van der Waals surface area contributed by atoms with Gasteiger partial charge in [-0.05, 0) is 36.4 Å². The summed E-state index contributed by atoms with van der Waals surface area (Å²) < 4.78 is 16.3. The Hall–Kier alpha value is -3.52. The van der Waals surface area contributed by atoms with Crippen LogP contribution in [0.1, 0.15) is 15.9 Å². The van der Waals surface area contributed by atoms with Crippen LogP contribution in [0, 0.1) is 0 Å². The number of aromatic amines is 1. The maximum Gasteiger partial charge on any atom is 0.254 e. The summed E-state index contributed by atoms with van der Waals surface area (Å²) >= 11 is 0. The fraction of sp³-hybridized carbons (Fsp3) is 0.273. The molecule has 8 heteroatoms. The summed E-state index contributed by atoms with van der Waals surface area (Å²) in [6.07, 6.45) is 0. The first-order chi connectivity index (χ1) is 14.6. The molecule has 0 saturated carbocycles. The molecule has 3 aromatic rings. The molecular weight excluding hydrogens is 388 g/mol. The number of ether oxygens (including phenoxy) is 3. The highest BCUT2D eigenvalue weighted by molar-refractivity contribution is 5.94. The average molecular weight is 410 g/mol. The lowest BCUT2D eigenvalue weighted by molar-refractivity contribution is 0.0707. The van der Waals surface area contributed by atoms with Gasteiger partial charge in [0.05, 0.1) is 25.8 Å². The highest BCUT2D eigenvalue weighted by Gasteiger charge is 2.19. The second kappa shape index (κ2) is 8.46. The number of carbonyl (C=O) groups excluding carboxylic acids is 1. The number of H-pyrrole nitrogens is 1. The van der Waals surface area contributed by atoms with Crippen LogP contribution in [0.25, 0.3) is 10.9 Å². The van der Waals surface area contributed by atoms with Crippen LogP contribution >= 0.6 is 0 Å². The Labute approximate surface area is 172 Å². The fourth-order valence-electron chi connectivity index (χ4n) is 3.40. The van der Waals surface area contributed by atoms with Crippen LogP contribution in [0.15, 0.2) is 47.3 Å². The second-order valence-corrected chi connectivity index (χ2v) is 6.89. The molecule has 1 aliphatic rings. The van der Waals surface area contributed by atoms with Crippen molar-refractivity contribution < 1.29 is 24.1 Å². The zero-order valence-electron chi connectivity index (χ0n) is 16.5. The van der Waals surface area contributed by atoms with E-state index >= 15 is 0 Å². The zero-order chi connectivity index (χ0) is 21.1. The predicted molar refractivity (Wildman–Crippen MR) is 110 cm³/mol. The van der Waals surface area contributed by atoms with Crippen LogP contribution in [0.4, 0.5) is 0 Å². The number of carbonyl (C=O) groups is 1. The van der Waals surface area contributed by atoms with Gasteiger partial charge in [-0.3, -0.25) is 9.59 Å². The molecule has 0 saturated heterocycles. The number of aliphatic hydroxyl groups excluding tert-OH is 1. The van der Waals surface area contributed by atoms with E-state index in [2.05, 4.69) is 4.98 Å². The minimum Gasteiger partial charge on any atom is -0.497 e. The van der Waals surface area contributed by atoms with E-state index in [1.165, 1.54) is 4.90 Å². The molecule has 30 heavy (non-hydrogen) atoms. The molecule has 156 valence electrons. The van der Waals surface area contributed by atoms with Gasteiger partial charge in [-0.15, -0.1) is 0 Å². The summed E-state index contributed by atoms with van der Waals surface area (Å²) in [5.74, 6) is 1.57. The van der Waals surface area contributed by atoms with E-state index in [-0.39, 0.29) is 31.2 Å². The lowest BCUT2D eigenvalue weighted by Gasteiger charge is -2.22. The first-order valence-corrected chi connectivity index (χ1v) is 9.59. The van der Waals surface area contributed by atoms with Crippen molar-refractivity contribution in [2.45, 2.75) is 6.54 Å². The number of pyridine rings is 1. The molecule has 1 aliphatic heterocycles. The number of hydrogen-bond acceptors (Lipinski definition) is 6. The lowest BCUT2D eigenvalue weighted by atomic mass is 10.1. The van der Waals surface area contributed by atoms with Crippen molar-refractivity contribution in [3.63, 3.8) is 0 Å². The molecule has 0 atom stereocenters. The molecular formula is C22H22N2O6. The van der Waals surface area contributed by atoms with E-state index in [4.69, 9.17) is 14.2 Å². The fourth-order valence-corrected chi connectivity index (χ4v) is 3.40. The summed E-state index contributed by atoms with van der Waals surface area (Å²) in [6.45, 7) is 0.875. The van der Waals surface area contributed by atoms with E-state index in [1.807, 2.05) is 6.07 Å². The maximum absolute atomic E-state index is 12.9. The van der Waals surface area contributed by atoms with Gasteiger partial charge in [0.1, 0.15) is 19.0 Å². The number of aromatic nitrogens is 1. The lowest BCUT2D eigenvalue weighted by Crippen LogP contribution is -2.35. The zero-order valence-corrected chi connectivity index (χ0v) is 16.5. The van der Waals surface area contributed by atoms with Crippen LogP contribution in [0.3, 0.4) is 0 Å². The first kappa shape index (κ1) is 19.8. The SMILES string of the molecule is COc1ccc(C(=O)N(CCO)Cc2cc3cc4c(cc3[nH]c2=O)OCCO4)cc1. The van der Waals surface area contributed by atoms with Crippen molar-refractivity contribution in [1.29, 1.82) is 0 Å². The van der Waals surface area contributed by atoms with Gasteiger partial charge in [-0.25, -0.2) is 0 Å². The number of aliphatic hydroxyl groups is 1. The van der Waals surface area contributed by atoms with Crippen LogP contribution in [-0.2, 0) is 6.54 Å². The highest BCUT2D eigenvalue weighted by Crippen LogP contribution is 2.33. The third-order valence-corrected chi connectivity index (χ3v) is 4.94. The molecule has 0 unspecified atom stereocenters.